The summed E-state index contributed by atoms with van der Waals surface area (Å²) in [5.41, 5.74) is 2.71. The van der Waals surface area contributed by atoms with Crippen LogP contribution in [-0.2, 0) is 12.8 Å². The van der Waals surface area contributed by atoms with E-state index in [1.807, 2.05) is 24.3 Å². The van der Waals surface area contributed by atoms with Gasteiger partial charge >= 0.3 is 0 Å². The van der Waals surface area contributed by atoms with E-state index in [2.05, 4.69) is 56.1 Å². The second kappa shape index (κ2) is 10.9. The Morgan fingerprint density at radius 2 is 1.17 bits per heavy atom. The Labute approximate surface area is 172 Å². The summed E-state index contributed by atoms with van der Waals surface area (Å²) in [4.78, 5) is 0. The summed E-state index contributed by atoms with van der Waals surface area (Å²) in [7, 11) is 0. The molecule has 0 aromatic heterocycles. The van der Waals surface area contributed by atoms with E-state index < -0.39 is 0 Å². The summed E-state index contributed by atoms with van der Waals surface area (Å²) in [6.45, 7) is 0. The second-order valence-corrected chi connectivity index (χ2v) is 8.48. The van der Waals surface area contributed by atoms with Crippen molar-refractivity contribution in [1.82, 2.24) is 0 Å². The van der Waals surface area contributed by atoms with Crippen molar-refractivity contribution in [2.75, 3.05) is 10.7 Å². The van der Waals surface area contributed by atoms with Gasteiger partial charge in [0.05, 0.1) is 0 Å². The van der Waals surface area contributed by atoms with Gasteiger partial charge in [-0.1, -0.05) is 79.3 Å². The van der Waals surface area contributed by atoms with Gasteiger partial charge in [-0.2, -0.15) is 0 Å². The van der Waals surface area contributed by atoms with Crippen LogP contribution < -0.4 is 0 Å². The van der Waals surface area contributed by atoms with Gasteiger partial charge in [0.25, 0.3) is 0 Å². The van der Waals surface area contributed by atoms with E-state index in [0.29, 0.717) is 11.8 Å². The smallest absolute Gasteiger partial charge is 0.0406 e. The molecule has 24 heavy (non-hydrogen) atoms. The fourth-order valence-electron chi connectivity index (χ4n) is 3.04. The third kappa shape index (κ3) is 6.71. The molecule has 0 radical (unpaired) electrons. The SMILES string of the molecule is Clc1ccc(C[C@H](CBr)[C@@H](CCCBr)Cc2ccc(Cl)cc2)cc1. The monoisotopic (exact) mass is 490 g/mol. The van der Waals surface area contributed by atoms with E-state index in [-0.39, 0.29) is 0 Å². The van der Waals surface area contributed by atoms with Crippen molar-refractivity contribution in [3.8, 4) is 0 Å². The maximum Gasteiger partial charge on any atom is 0.0406 e. The van der Waals surface area contributed by atoms with Crippen molar-refractivity contribution in [2.24, 2.45) is 11.8 Å². The highest BCUT2D eigenvalue weighted by molar-refractivity contribution is 9.09. The first-order valence-corrected chi connectivity index (χ1v) is 11.2. The predicted octanol–water partition coefficient (Wildman–Crippen LogP) is 7.58. The highest BCUT2D eigenvalue weighted by Gasteiger charge is 2.21. The van der Waals surface area contributed by atoms with Gasteiger partial charge in [0, 0.05) is 20.7 Å². The van der Waals surface area contributed by atoms with Gasteiger partial charge < -0.3 is 0 Å². The third-order valence-corrected chi connectivity index (χ3v) is 6.29. The first-order chi connectivity index (χ1) is 11.6. The molecule has 2 aromatic rings. The molecule has 2 rings (SSSR count). The van der Waals surface area contributed by atoms with Crippen molar-refractivity contribution in [2.45, 2.75) is 25.7 Å². The Morgan fingerprint density at radius 3 is 1.58 bits per heavy atom. The topological polar surface area (TPSA) is 0 Å². The number of alkyl halides is 2. The fourth-order valence-corrected chi connectivity index (χ4v) is 4.37. The largest absolute Gasteiger partial charge is 0.0928 e. The van der Waals surface area contributed by atoms with Crippen molar-refractivity contribution in [3.05, 3.63) is 69.7 Å². The summed E-state index contributed by atoms with van der Waals surface area (Å²) in [5.74, 6) is 1.24. The summed E-state index contributed by atoms with van der Waals surface area (Å²) in [6, 6.07) is 16.5. The van der Waals surface area contributed by atoms with Gasteiger partial charge in [0.1, 0.15) is 0 Å². The molecule has 0 saturated carbocycles. The molecule has 0 aliphatic heterocycles. The van der Waals surface area contributed by atoms with Crippen LogP contribution in [0.5, 0.6) is 0 Å². The lowest BCUT2D eigenvalue weighted by Crippen LogP contribution is -2.21. The molecule has 4 heteroatoms. The van der Waals surface area contributed by atoms with Crippen LogP contribution in [-0.4, -0.2) is 10.7 Å². The van der Waals surface area contributed by atoms with E-state index >= 15 is 0 Å². The first kappa shape index (κ1) is 20.3. The lowest BCUT2D eigenvalue weighted by Gasteiger charge is -2.26. The highest BCUT2D eigenvalue weighted by Crippen LogP contribution is 2.29. The maximum atomic E-state index is 6.02. The zero-order valence-corrected chi connectivity index (χ0v) is 18.2. The Balaban J connectivity index is 2.10. The van der Waals surface area contributed by atoms with Crippen molar-refractivity contribution >= 4 is 55.1 Å². The molecule has 0 bridgehead atoms. The fraction of sp³-hybridized carbons (Fsp3) is 0.400. The van der Waals surface area contributed by atoms with Crippen LogP contribution in [0.25, 0.3) is 0 Å². The molecule has 0 saturated heterocycles. The number of hydrogen-bond acceptors (Lipinski definition) is 0. The minimum Gasteiger partial charge on any atom is -0.0928 e. The van der Waals surface area contributed by atoms with E-state index in [1.54, 1.807) is 0 Å². The van der Waals surface area contributed by atoms with Crippen molar-refractivity contribution < 1.29 is 0 Å². The number of halogens is 4. The molecule has 0 heterocycles. The summed E-state index contributed by atoms with van der Waals surface area (Å²) in [6.07, 6.45) is 4.58. The van der Waals surface area contributed by atoms with Gasteiger partial charge in [-0.05, 0) is 72.9 Å². The zero-order valence-electron chi connectivity index (χ0n) is 13.5. The Kier molecular flexibility index (Phi) is 9.18. The minimum atomic E-state index is 0.598. The lowest BCUT2D eigenvalue weighted by atomic mass is 9.81. The van der Waals surface area contributed by atoms with Crippen LogP contribution in [0, 0.1) is 11.8 Å². The highest BCUT2D eigenvalue weighted by atomic mass is 79.9. The first-order valence-electron chi connectivity index (χ1n) is 8.23. The van der Waals surface area contributed by atoms with Crippen molar-refractivity contribution in [1.29, 1.82) is 0 Å². The molecule has 0 fully saturated rings. The molecular weight excluding hydrogens is 471 g/mol. The average molecular weight is 493 g/mol. The Bertz CT molecular complexity index is 596. The molecule has 2 aromatic carbocycles. The molecule has 130 valence electrons. The average Bonchev–Trinajstić information content (AvgIpc) is 2.60. The zero-order chi connectivity index (χ0) is 17.4. The van der Waals surface area contributed by atoms with E-state index in [1.165, 1.54) is 24.0 Å². The quantitative estimate of drug-likeness (QED) is 0.316. The van der Waals surface area contributed by atoms with Crippen LogP contribution in [0.3, 0.4) is 0 Å². The molecule has 0 amide bonds. The molecule has 0 unspecified atom stereocenters. The normalized spacial score (nSPS) is 13.7. The standard InChI is InChI=1S/C20H22Br2Cl2/c21-11-1-2-17(12-15-3-7-19(23)8-4-15)18(14-22)13-16-5-9-20(24)10-6-16/h3-10,17-18H,1-2,11-14H2/t17-,18+/m0/s1. The molecule has 0 nitrogen and oxygen atoms in total. The maximum absolute atomic E-state index is 6.02. The second-order valence-electron chi connectivity index (χ2n) is 6.17. The molecule has 0 aliphatic carbocycles. The molecule has 0 N–H and O–H groups in total. The van der Waals surface area contributed by atoms with Crippen LogP contribution in [0.15, 0.2) is 48.5 Å². The predicted molar refractivity (Wildman–Crippen MR) is 114 cm³/mol. The molecular formula is C20H22Br2Cl2. The number of hydrogen-bond donors (Lipinski definition) is 0. The molecule has 0 spiro atoms. The van der Waals surface area contributed by atoms with E-state index in [9.17, 15) is 0 Å². The van der Waals surface area contributed by atoms with Gasteiger partial charge in [-0.15, -0.1) is 0 Å². The van der Waals surface area contributed by atoms with Gasteiger partial charge in [0.2, 0.25) is 0 Å². The van der Waals surface area contributed by atoms with Gasteiger partial charge in [-0.25, -0.2) is 0 Å². The lowest BCUT2D eigenvalue weighted by molar-refractivity contribution is 0.336. The minimum absolute atomic E-state index is 0.598. The molecule has 2 atom stereocenters. The van der Waals surface area contributed by atoms with Crippen molar-refractivity contribution in [3.63, 3.8) is 0 Å². The number of rotatable bonds is 9. The Morgan fingerprint density at radius 1 is 0.708 bits per heavy atom. The number of benzene rings is 2. The van der Waals surface area contributed by atoms with Crippen LogP contribution in [0.2, 0.25) is 10.0 Å². The summed E-state index contributed by atoms with van der Waals surface area (Å²) < 4.78 is 0. The summed E-state index contributed by atoms with van der Waals surface area (Å²) >= 11 is 19.3. The van der Waals surface area contributed by atoms with E-state index in [4.69, 9.17) is 23.2 Å². The Hall–Kier alpha value is -0.0200. The summed E-state index contributed by atoms with van der Waals surface area (Å²) in [5, 5.41) is 3.66. The van der Waals surface area contributed by atoms with Crippen LogP contribution in [0.4, 0.5) is 0 Å². The van der Waals surface area contributed by atoms with Crippen LogP contribution in [0.1, 0.15) is 24.0 Å². The van der Waals surface area contributed by atoms with Gasteiger partial charge in [0.15, 0.2) is 0 Å². The van der Waals surface area contributed by atoms with Crippen LogP contribution >= 0.6 is 55.1 Å². The van der Waals surface area contributed by atoms with Gasteiger partial charge in [-0.3, -0.25) is 0 Å². The molecule has 0 aliphatic rings. The third-order valence-electron chi connectivity index (χ3n) is 4.40. The van der Waals surface area contributed by atoms with E-state index in [0.717, 1.165) is 33.5 Å².